The third kappa shape index (κ3) is 3.96. The topological polar surface area (TPSA) is 94.9 Å². The zero-order valence-electron chi connectivity index (χ0n) is 12.1. The smallest absolute Gasteiger partial charge is 0.327 e. The van der Waals surface area contributed by atoms with E-state index in [1.54, 1.807) is 6.08 Å². The maximum Gasteiger partial charge on any atom is 0.327 e. The molecule has 2 rings (SSSR count). The van der Waals surface area contributed by atoms with Gasteiger partial charge in [0.15, 0.2) is 0 Å². The Balaban J connectivity index is 2.30. The molecular formula is C15H13NO5S2. The number of carbonyl (C=O) groups is 3. The van der Waals surface area contributed by atoms with Gasteiger partial charge in [0, 0.05) is 0 Å². The Kier molecular flexibility index (Phi) is 5.17. The minimum absolute atomic E-state index is 0.0435. The number of aryl methyl sites for hydroxylation is 1. The second kappa shape index (κ2) is 6.93. The summed E-state index contributed by atoms with van der Waals surface area (Å²) in [6.07, 6.45) is 0.901. The Bertz CT molecular complexity index is 711. The highest BCUT2D eigenvalue weighted by Gasteiger charge is 2.41. The highest BCUT2D eigenvalue weighted by Crippen LogP contribution is 2.34. The number of rotatable bonds is 5. The molecule has 2 N–H and O–H groups in total. The largest absolute Gasteiger partial charge is 0.481 e. The van der Waals surface area contributed by atoms with Gasteiger partial charge in [0.1, 0.15) is 10.4 Å². The van der Waals surface area contributed by atoms with Crippen molar-refractivity contribution in [1.82, 2.24) is 4.90 Å². The molecule has 23 heavy (non-hydrogen) atoms. The van der Waals surface area contributed by atoms with E-state index in [2.05, 4.69) is 0 Å². The first kappa shape index (κ1) is 17.2. The van der Waals surface area contributed by atoms with Gasteiger partial charge in [0.2, 0.25) is 0 Å². The van der Waals surface area contributed by atoms with Crippen LogP contribution in [0.1, 0.15) is 17.5 Å². The van der Waals surface area contributed by atoms with Crippen LogP contribution in [0, 0.1) is 6.92 Å². The monoisotopic (exact) mass is 351 g/mol. The van der Waals surface area contributed by atoms with E-state index in [1.807, 2.05) is 31.2 Å². The van der Waals surface area contributed by atoms with E-state index in [9.17, 15) is 19.5 Å². The molecule has 1 aromatic carbocycles. The van der Waals surface area contributed by atoms with E-state index < -0.39 is 30.3 Å². The maximum absolute atomic E-state index is 12.4. The molecule has 1 atom stereocenters. The number of thioether (sulfide) groups is 1. The molecule has 1 aliphatic rings. The molecule has 1 unspecified atom stereocenters. The summed E-state index contributed by atoms with van der Waals surface area (Å²) in [6.45, 7) is 1.94. The van der Waals surface area contributed by atoms with Crippen molar-refractivity contribution >= 4 is 52.2 Å². The van der Waals surface area contributed by atoms with Crippen LogP contribution >= 0.6 is 24.0 Å². The van der Waals surface area contributed by atoms with E-state index in [-0.39, 0.29) is 9.23 Å². The van der Waals surface area contributed by atoms with Gasteiger partial charge in [-0.3, -0.25) is 14.5 Å². The number of carbonyl (C=O) groups excluding carboxylic acids is 1. The molecule has 0 aliphatic carbocycles. The van der Waals surface area contributed by atoms with Crippen LogP contribution in [0.2, 0.25) is 0 Å². The lowest BCUT2D eigenvalue weighted by atomic mass is 10.1. The molecular weight excluding hydrogens is 338 g/mol. The first-order valence-corrected chi connectivity index (χ1v) is 7.80. The SMILES string of the molecule is Cc1ccc(C=C2SC(=S)N(C(CC(=O)O)C(=O)O)C2=O)cc1. The molecule has 1 fully saturated rings. The quantitative estimate of drug-likeness (QED) is 0.620. The lowest BCUT2D eigenvalue weighted by Crippen LogP contribution is -2.45. The minimum atomic E-state index is -1.51. The van der Waals surface area contributed by atoms with Gasteiger partial charge in [0.05, 0.1) is 11.3 Å². The van der Waals surface area contributed by atoms with Crippen molar-refractivity contribution in [3.8, 4) is 0 Å². The first-order valence-electron chi connectivity index (χ1n) is 6.58. The molecule has 0 bridgehead atoms. The molecule has 1 aliphatic heterocycles. The Hall–Kier alpha value is -2.19. The Morgan fingerprint density at radius 3 is 2.43 bits per heavy atom. The second-order valence-electron chi connectivity index (χ2n) is 4.91. The molecule has 1 aromatic rings. The molecule has 120 valence electrons. The van der Waals surface area contributed by atoms with Crippen molar-refractivity contribution in [2.45, 2.75) is 19.4 Å². The van der Waals surface area contributed by atoms with Crippen LogP contribution in [0.25, 0.3) is 6.08 Å². The normalized spacial score (nSPS) is 17.6. The minimum Gasteiger partial charge on any atom is -0.481 e. The number of nitrogens with zero attached hydrogens (tertiary/aromatic N) is 1. The number of hydrogen-bond acceptors (Lipinski definition) is 5. The van der Waals surface area contributed by atoms with Crippen molar-refractivity contribution in [3.63, 3.8) is 0 Å². The van der Waals surface area contributed by atoms with Crippen molar-refractivity contribution in [3.05, 3.63) is 40.3 Å². The average Bonchev–Trinajstić information content (AvgIpc) is 2.73. The third-order valence-corrected chi connectivity index (χ3v) is 4.49. The summed E-state index contributed by atoms with van der Waals surface area (Å²) >= 11 is 6.02. The van der Waals surface area contributed by atoms with Crippen molar-refractivity contribution < 1.29 is 24.6 Å². The zero-order chi connectivity index (χ0) is 17.1. The van der Waals surface area contributed by atoms with Gasteiger partial charge in [-0.1, -0.05) is 53.8 Å². The van der Waals surface area contributed by atoms with Gasteiger partial charge < -0.3 is 10.2 Å². The van der Waals surface area contributed by atoms with Gasteiger partial charge in [-0.2, -0.15) is 0 Å². The van der Waals surface area contributed by atoms with Crippen LogP contribution in [0.3, 0.4) is 0 Å². The number of carboxylic acids is 2. The third-order valence-electron chi connectivity index (χ3n) is 3.16. The molecule has 0 spiro atoms. The van der Waals surface area contributed by atoms with E-state index in [4.69, 9.17) is 17.3 Å². The number of aliphatic carboxylic acids is 2. The summed E-state index contributed by atoms with van der Waals surface area (Å²) in [5, 5.41) is 18.0. The van der Waals surface area contributed by atoms with Crippen LogP contribution in [0.4, 0.5) is 0 Å². The van der Waals surface area contributed by atoms with E-state index >= 15 is 0 Å². The number of amides is 1. The summed E-state index contributed by atoms with van der Waals surface area (Å²) in [7, 11) is 0. The number of hydrogen-bond donors (Lipinski definition) is 2. The van der Waals surface area contributed by atoms with Gasteiger partial charge in [-0.05, 0) is 18.6 Å². The van der Waals surface area contributed by atoms with Crippen LogP contribution in [-0.2, 0) is 14.4 Å². The molecule has 1 heterocycles. The predicted molar refractivity (Wildman–Crippen MR) is 89.9 cm³/mol. The second-order valence-corrected chi connectivity index (χ2v) is 6.59. The molecule has 0 aromatic heterocycles. The highest BCUT2D eigenvalue weighted by atomic mass is 32.2. The van der Waals surface area contributed by atoms with Crippen LogP contribution in [-0.4, -0.2) is 43.3 Å². The fourth-order valence-electron chi connectivity index (χ4n) is 2.02. The predicted octanol–water partition coefficient (Wildman–Crippen LogP) is 2.12. The molecule has 6 nitrogen and oxygen atoms in total. The molecule has 0 saturated carbocycles. The molecule has 1 amide bonds. The van der Waals surface area contributed by atoms with Crippen LogP contribution in [0.5, 0.6) is 0 Å². The van der Waals surface area contributed by atoms with Crippen molar-refractivity contribution in [2.75, 3.05) is 0 Å². The van der Waals surface area contributed by atoms with Gasteiger partial charge >= 0.3 is 11.9 Å². The zero-order valence-corrected chi connectivity index (χ0v) is 13.7. The van der Waals surface area contributed by atoms with Gasteiger partial charge in [-0.25, -0.2) is 4.79 Å². The number of thiocarbonyl (C=S) groups is 1. The van der Waals surface area contributed by atoms with E-state index in [0.717, 1.165) is 27.8 Å². The van der Waals surface area contributed by atoms with Crippen LogP contribution in [0.15, 0.2) is 29.2 Å². The summed E-state index contributed by atoms with van der Waals surface area (Å²) in [6, 6.07) is 5.92. The molecule has 1 saturated heterocycles. The average molecular weight is 351 g/mol. The Labute approximate surface area is 141 Å². The van der Waals surface area contributed by atoms with Gasteiger partial charge in [0.25, 0.3) is 5.91 Å². The lowest BCUT2D eigenvalue weighted by molar-refractivity contribution is -0.150. The van der Waals surface area contributed by atoms with Gasteiger partial charge in [-0.15, -0.1) is 0 Å². The summed E-state index contributed by atoms with van der Waals surface area (Å²) < 4.78 is 0.0435. The summed E-state index contributed by atoms with van der Waals surface area (Å²) in [5.41, 5.74) is 1.85. The summed E-state index contributed by atoms with van der Waals surface area (Å²) in [4.78, 5) is 35.6. The van der Waals surface area contributed by atoms with E-state index in [1.165, 1.54) is 0 Å². The molecule has 0 radical (unpaired) electrons. The highest BCUT2D eigenvalue weighted by molar-refractivity contribution is 8.26. The Morgan fingerprint density at radius 1 is 1.30 bits per heavy atom. The maximum atomic E-state index is 12.4. The number of carboxylic acid groups (broad SMARTS) is 2. The van der Waals surface area contributed by atoms with Crippen molar-refractivity contribution in [2.24, 2.45) is 0 Å². The Morgan fingerprint density at radius 2 is 1.91 bits per heavy atom. The summed E-state index contributed by atoms with van der Waals surface area (Å²) in [5.74, 6) is -3.30. The van der Waals surface area contributed by atoms with Crippen molar-refractivity contribution in [1.29, 1.82) is 0 Å². The lowest BCUT2D eigenvalue weighted by Gasteiger charge is -2.21. The van der Waals surface area contributed by atoms with Crippen LogP contribution < -0.4 is 0 Å². The number of benzene rings is 1. The molecule has 8 heteroatoms. The fourth-order valence-corrected chi connectivity index (χ4v) is 3.37. The standard InChI is InChI=1S/C15H13NO5S2/c1-8-2-4-9(5-3-8)6-11-13(19)16(15(22)23-11)10(14(20)21)7-12(17)18/h2-6,10H,7H2,1H3,(H,17,18)(H,20,21). The first-order chi connectivity index (χ1) is 10.8. The fraction of sp³-hybridized carbons (Fsp3) is 0.200. The van der Waals surface area contributed by atoms with E-state index in [0.29, 0.717) is 0 Å².